The van der Waals surface area contributed by atoms with Crippen LogP contribution in [0, 0.1) is 17.3 Å². The number of ether oxygens (including phenoxy) is 4. The monoisotopic (exact) mass is 430 g/mol. The number of ketones is 1. The standard InChI is InChI=1S/C26H38O5/c1-24(2,28-6)30-16-8-9-17-18-12-13-26(5)21(19(18)15-22(27)20(17)14-16)10-11-23(26)31-25(3,4)29-7/h8-9,14,18-19,21,23H,10-13,15H2,1-7H3/t18?,19?,21?,23-,26-/m0/s1. The molecule has 5 nitrogen and oxygen atoms in total. The maximum Gasteiger partial charge on any atom is 0.204 e. The summed E-state index contributed by atoms with van der Waals surface area (Å²) >= 11 is 0. The summed E-state index contributed by atoms with van der Waals surface area (Å²) in [5.74, 6) is 0.947. The number of Topliss-reactive ketones (excluding diaryl/α,β-unsaturated/α-hetero) is 1. The molecule has 0 spiro atoms. The molecule has 0 saturated heterocycles. The van der Waals surface area contributed by atoms with E-state index in [4.69, 9.17) is 18.9 Å². The molecule has 2 saturated carbocycles. The molecule has 0 aliphatic heterocycles. The molecule has 3 aliphatic carbocycles. The van der Waals surface area contributed by atoms with E-state index in [0.29, 0.717) is 29.9 Å². The number of fused-ring (bicyclic) bond motifs is 5. The zero-order chi connectivity index (χ0) is 22.6. The van der Waals surface area contributed by atoms with E-state index in [0.717, 1.165) is 31.2 Å². The lowest BCUT2D eigenvalue weighted by atomic mass is 9.55. The maximum atomic E-state index is 13.2. The summed E-state index contributed by atoms with van der Waals surface area (Å²) in [6, 6.07) is 6.03. The van der Waals surface area contributed by atoms with Gasteiger partial charge in [0.25, 0.3) is 0 Å². The Morgan fingerprint density at radius 3 is 2.39 bits per heavy atom. The molecule has 3 aliphatic rings. The largest absolute Gasteiger partial charge is 0.463 e. The maximum absolute atomic E-state index is 13.2. The molecule has 172 valence electrons. The minimum Gasteiger partial charge on any atom is -0.463 e. The molecule has 0 N–H and O–H groups in total. The normalized spacial score (nSPS) is 32.9. The van der Waals surface area contributed by atoms with Crippen molar-refractivity contribution in [1.82, 2.24) is 0 Å². The van der Waals surface area contributed by atoms with Crippen molar-refractivity contribution in [3.05, 3.63) is 29.3 Å². The van der Waals surface area contributed by atoms with Crippen molar-refractivity contribution in [3.63, 3.8) is 0 Å². The van der Waals surface area contributed by atoms with E-state index in [9.17, 15) is 4.79 Å². The summed E-state index contributed by atoms with van der Waals surface area (Å²) in [6.45, 7) is 10.1. The van der Waals surface area contributed by atoms with Crippen LogP contribution in [0.2, 0.25) is 0 Å². The van der Waals surface area contributed by atoms with Crippen LogP contribution in [0.3, 0.4) is 0 Å². The van der Waals surface area contributed by atoms with Gasteiger partial charge in [-0.25, -0.2) is 0 Å². The molecule has 31 heavy (non-hydrogen) atoms. The van der Waals surface area contributed by atoms with Crippen LogP contribution in [0.1, 0.15) is 88.6 Å². The van der Waals surface area contributed by atoms with Crippen LogP contribution in [-0.2, 0) is 14.2 Å². The number of methoxy groups -OCH3 is 2. The highest BCUT2D eigenvalue weighted by Gasteiger charge is 2.57. The van der Waals surface area contributed by atoms with Crippen molar-refractivity contribution in [2.75, 3.05) is 14.2 Å². The fraction of sp³-hybridized carbons (Fsp3) is 0.731. The van der Waals surface area contributed by atoms with Gasteiger partial charge in [-0.15, -0.1) is 0 Å². The fourth-order valence-electron chi connectivity index (χ4n) is 6.31. The zero-order valence-electron chi connectivity index (χ0n) is 20.1. The topological polar surface area (TPSA) is 54.0 Å². The zero-order valence-corrected chi connectivity index (χ0v) is 20.1. The molecule has 5 atom stereocenters. The predicted octanol–water partition coefficient (Wildman–Crippen LogP) is 5.71. The van der Waals surface area contributed by atoms with Gasteiger partial charge in [-0.05, 0) is 80.4 Å². The second kappa shape index (κ2) is 7.86. The van der Waals surface area contributed by atoms with E-state index in [-0.39, 0.29) is 17.3 Å². The summed E-state index contributed by atoms with van der Waals surface area (Å²) in [4.78, 5) is 13.2. The molecule has 0 bridgehead atoms. The van der Waals surface area contributed by atoms with Crippen LogP contribution in [0.15, 0.2) is 18.2 Å². The summed E-state index contributed by atoms with van der Waals surface area (Å²) < 4.78 is 23.3. The molecular formula is C26H38O5. The van der Waals surface area contributed by atoms with Gasteiger partial charge < -0.3 is 18.9 Å². The Hall–Kier alpha value is -1.43. The third-order valence-electron chi connectivity index (χ3n) is 8.27. The molecule has 5 heteroatoms. The highest BCUT2D eigenvalue weighted by Crippen LogP contribution is 2.62. The number of rotatable bonds is 6. The first-order valence-corrected chi connectivity index (χ1v) is 11.6. The third-order valence-corrected chi connectivity index (χ3v) is 8.27. The van der Waals surface area contributed by atoms with Crippen LogP contribution in [0.4, 0.5) is 0 Å². The Labute approximate surface area is 186 Å². The molecule has 1 aromatic rings. The van der Waals surface area contributed by atoms with E-state index in [1.54, 1.807) is 14.2 Å². The molecule has 0 aromatic heterocycles. The summed E-state index contributed by atoms with van der Waals surface area (Å²) in [5.41, 5.74) is 2.13. The van der Waals surface area contributed by atoms with Gasteiger partial charge in [-0.2, -0.15) is 0 Å². The summed E-state index contributed by atoms with van der Waals surface area (Å²) in [5, 5.41) is 0. The second-order valence-corrected chi connectivity index (χ2v) is 10.8. The predicted molar refractivity (Wildman–Crippen MR) is 119 cm³/mol. The van der Waals surface area contributed by atoms with Gasteiger partial charge in [-0.3, -0.25) is 4.79 Å². The molecular weight excluding hydrogens is 392 g/mol. The van der Waals surface area contributed by atoms with E-state index in [2.05, 4.69) is 13.0 Å². The quantitative estimate of drug-likeness (QED) is 0.541. The first-order chi connectivity index (χ1) is 14.5. The van der Waals surface area contributed by atoms with Crippen molar-refractivity contribution >= 4 is 5.78 Å². The average molecular weight is 431 g/mol. The number of carbonyl (C=O) groups excluding carboxylic acids is 1. The minimum absolute atomic E-state index is 0.0975. The van der Waals surface area contributed by atoms with Crippen molar-refractivity contribution in [2.45, 2.75) is 90.3 Å². The van der Waals surface area contributed by atoms with Gasteiger partial charge >= 0.3 is 0 Å². The number of carbonyl (C=O) groups is 1. The van der Waals surface area contributed by atoms with Crippen LogP contribution in [0.25, 0.3) is 0 Å². The van der Waals surface area contributed by atoms with Crippen LogP contribution in [0.5, 0.6) is 5.75 Å². The number of hydrogen-bond donors (Lipinski definition) is 0. The number of hydrogen-bond acceptors (Lipinski definition) is 5. The molecule has 0 radical (unpaired) electrons. The molecule has 3 unspecified atom stereocenters. The van der Waals surface area contributed by atoms with Gasteiger partial charge in [0.2, 0.25) is 5.79 Å². The highest BCUT2D eigenvalue weighted by atomic mass is 16.7. The lowest BCUT2D eigenvalue weighted by Crippen LogP contribution is -2.47. The molecule has 0 amide bonds. The smallest absolute Gasteiger partial charge is 0.204 e. The lowest BCUT2D eigenvalue weighted by Gasteiger charge is -2.51. The van der Waals surface area contributed by atoms with Crippen LogP contribution >= 0.6 is 0 Å². The van der Waals surface area contributed by atoms with Crippen molar-refractivity contribution in [3.8, 4) is 5.75 Å². The lowest BCUT2D eigenvalue weighted by molar-refractivity contribution is -0.245. The van der Waals surface area contributed by atoms with Gasteiger partial charge in [-0.1, -0.05) is 13.0 Å². The molecule has 2 fully saturated rings. The molecule has 0 heterocycles. The molecule has 1 aromatic carbocycles. The van der Waals surface area contributed by atoms with Gasteiger partial charge in [0.1, 0.15) is 5.75 Å². The number of benzene rings is 1. The highest BCUT2D eigenvalue weighted by molar-refractivity contribution is 5.99. The first-order valence-electron chi connectivity index (χ1n) is 11.6. The Morgan fingerprint density at radius 1 is 1.00 bits per heavy atom. The Kier molecular flexibility index (Phi) is 5.77. The van der Waals surface area contributed by atoms with E-state index >= 15 is 0 Å². The summed E-state index contributed by atoms with van der Waals surface area (Å²) in [6.07, 6.45) is 5.17. The molecule has 4 rings (SSSR count). The van der Waals surface area contributed by atoms with Gasteiger partial charge in [0.05, 0.1) is 6.10 Å². The van der Waals surface area contributed by atoms with Crippen LogP contribution < -0.4 is 4.74 Å². The fourth-order valence-corrected chi connectivity index (χ4v) is 6.31. The average Bonchev–Trinajstić information content (AvgIpc) is 3.04. The second-order valence-electron chi connectivity index (χ2n) is 10.8. The van der Waals surface area contributed by atoms with Crippen molar-refractivity contribution in [1.29, 1.82) is 0 Å². The Morgan fingerprint density at radius 2 is 1.71 bits per heavy atom. The Bertz CT molecular complexity index is 844. The van der Waals surface area contributed by atoms with E-state index < -0.39 is 11.6 Å². The van der Waals surface area contributed by atoms with Crippen molar-refractivity contribution in [2.24, 2.45) is 17.3 Å². The minimum atomic E-state index is -0.726. The van der Waals surface area contributed by atoms with Gasteiger partial charge in [0.15, 0.2) is 11.6 Å². The summed E-state index contributed by atoms with van der Waals surface area (Å²) in [7, 11) is 3.33. The van der Waals surface area contributed by atoms with E-state index in [1.165, 1.54) is 5.56 Å². The third kappa shape index (κ3) is 4.05. The SMILES string of the molecule is COC(C)(C)Oc1ccc2c(c1)C(=O)CC1C2CC[C@@]2(C)C1CC[C@@H]2OC(C)(C)OC. The Balaban J connectivity index is 1.59. The van der Waals surface area contributed by atoms with Crippen LogP contribution in [-0.4, -0.2) is 37.7 Å². The van der Waals surface area contributed by atoms with E-state index in [1.807, 2.05) is 39.8 Å². The van der Waals surface area contributed by atoms with Crippen molar-refractivity contribution < 1.29 is 23.7 Å². The van der Waals surface area contributed by atoms with Gasteiger partial charge in [0, 0.05) is 40.1 Å². The first kappa shape index (κ1) is 22.8.